The molecule has 2 aliphatic rings. The molecule has 2 unspecified atom stereocenters. The maximum atomic E-state index is 13.9. The number of halogens is 1. The van der Waals surface area contributed by atoms with E-state index in [0.29, 0.717) is 25.3 Å². The fourth-order valence-electron chi connectivity index (χ4n) is 4.42. The molecule has 0 aromatic heterocycles. The molecule has 2 atom stereocenters. The maximum Gasteiger partial charge on any atom is 0.308 e. The highest BCUT2D eigenvalue weighted by Crippen LogP contribution is 2.34. The number of esters is 1. The van der Waals surface area contributed by atoms with Crippen molar-refractivity contribution in [1.29, 1.82) is 0 Å². The van der Waals surface area contributed by atoms with Crippen molar-refractivity contribution in [2.45, 2.75) is 64.2 Å². The predicted octanol–water partition coefficient (Wildman–Crippen LogP) is 3.99. The number of amides is 1. The zero-order valence-electron chi connectivity index (χ0n) is 17.9. The Labute approximate surface area is 177 Å². The van der Waals surface area contributed by atoms with Crippen LogP contribution >= 0.6 is 0 Å². The quantitative estimate of drug-likeness (QED) is 0.564. The first-order valence-electron chi connectivity index (χ1n) is 10.9. The van der Waals surface area contributed by atoms with Crippen molar-refractivity contribution in [2.75, 3.05) is 26.4 Å². The molecule has 0 aliphatic carbocycles. The van der Waals surface area contributed by atoms with Gasteiger partial charge in [-0.3, -0.25) is 9.59 Å². The molecule has 1 amide bonds. The third-order valence-corrected chi connectivity index (χ3v) is 5.94. The molecule has 2 saturated heterocycles. The molecule has 30 heavy (non-hydrogen) atoms. The van der Waals surface area contributed by atoms with Crippen LogP contribution in [-0.4, -0.2) is 48.9 Å². The topological polar surface area (TPSA) is 65.1 Å². The van der Waals surface area contributed by atoms with Gasteiger partial charge in [-0.1, -0.05) is 12.1 Å². The second-order valence-electron chi connectivity index (χ2n) is 8.17. The molecule has 1 aromatic rings. The summed E-state index contributed by atoms with van der Waals surface area (Å²) in [5.74, 6) is -1.40. The van der Waals surface area contributed by atoms with E-state index < -0.39 is 11.8 Å². The summed E-state index contributed by atoms with van der Waals surface area (Å²) in [6.45, 7) is 5.73. The summed E-state index contributed by atoms with van der Waals surface area (Å²) in [4.78, 5) is 27.2. The van der Waals surface area contributed by atoms with E-state index in [0.717, 1.165) is 32.1 Å². The number of benzene rings is 1. The van der Waals surface area contributed by atoms with Gasteiger partial charge in [0.1, 0.15) is 5.82 Å². The smallest absolute Gasteiger partial charge is 0.308 e. The van der Waals surface area contributed by atoms with Gasteiger partial charge in [-0.05, 0) is 57.2 Å². The molecule has 0 bridgehead atoms. The van der Waals surface area contributed by atoms with Crippen LogP contribution in [0.3, 0.4) is 0 Å². The minimum Gasteiger partial charge on any atom is -0.466 e. The largest absolute Gasteiger partial charge is 0.466 e. The number of carbonyl (C=O) groups is 2. The highest BCUT2D eigenvalue weighted by atomic mass is 19.1. The van der Waals surface area contributed by atoms with Gasteiger partial charge < -0.3 is 19.1 Å². The molecule has 3 rings (SSSR count). The van der Waals surface area contributed by atoms with Crippen molar-refractivity contribution >= 4 is 11.9 Å². The van der Waals surface area contributed by atoms with E-state index in [2.05, 4.69) is 0 Å². The van der Waals surface area contributed by atoms with E-state index in [1.54, 1.807) is 24.0 Å². The minimum absolute atomic E-state index is 0.0233. The molecule has 2 fully saturated rings. The zero-order valence-corrected chi connectivity index (χ0v) is 17.9. The molecule has 0 saturated carbocycles. The lowest BCUT2D eigenvalue weighted by Gasteiger charge is -2.38. The number of hydrogen-bond acceptors (Lipinski definition) is 5. The van der Waals surface area contributed by atoms with Gasteiger partial charge in [0.2, 0.25) is 5.91 Å². The number of ether oxygens (including phenoxy) is 3. The Morgan fingerprint density at radius 2 is 2.13 bits per heavy atom. The van der Waals surface area contributed by atoms with Gasteiger partial charge >= 0.3 is 5.97 Å². The normalized spacial score (nSPS) is 22.2. The Morgan fingerprint density at radius 3 is 2.83 bits per heavy atom. The molecule has 2 heterocycles. The third kappa shape index (κ3) is 5.79. The second-order valence-corrected chi connectivity index (χ2v) is 8.17. The van der Waals surface area contributed by atoms with Gasteiger partial charge in [-0.25, -0.2) is 4.39 Å². The van der Waals surface area contributed by atoms with Crippen LogP contribution in [0.4, 0.5) is 4.39 Å². The van der Waals surface area contributed by atoms with Gasteiger partial charge in [-0.15, -0.1) is 0 Å². The molecule has 0 N–H and O–H groups in total. The summed E-state index contributed by atoms with van der Waals surface area (Å²) in [5.41, 5.74) is 0.623. The highest BCUT2D eigenvalue weighted by Gasteiger charge is 2.36. The molecule has 166 valence electrons. The summed E-state index contributed by atoms with van der Waals surface area (Å²) in [7, 11) is 0. The van der Waals surface area contributed by atoms with Crippen LogP contribution in [0.2, 0.25) is 0 Å². The Bertz CT molecular complexity index is 734. The van der Waals surface area contributed by atoms with Crippen molar-refractivity contribution in [3.63, 3.8) is 0 Å². The van der Waals surface area contributed by atoms with Gasteiger partial charge in [0, 0.05) is 18.9 Å². The lowest BCUT2D eigenvalue weighted by atomic mass is 9.88. The first-order valence-corrected chi connectivity index (χ1v) is 10.9. The summed E-state index contributed by atoms with van der Waals surface area (Å²) in [6, 6.07) is 5.61. The van der Waals surface area contributed by atoms with E-state index in [4.69, 9.17) is 14.2 Å². The Hall–Kier alpha value is -1.99. The van der Waals surface area contributed by atoms with Crippen molar-refractivity contribution in [3.8, 4) is 0 Å². The molecule has 7 heteroatoms. The van der Waals surface area contributed by atoms with Crippen molar-refractivity contribution < 1.29 is 28.2 Å². The monoisotopic (exact) mass is 421 g/mol. The molecular formula is C23H32FNO5. The van der Waals surface area contributed by atoms with Gasteiger partial charge in [0.15, 0.2) is 5.79 Å². The fraction of sp³-hybridized carbons (Fsp3) is 0.652. The fourth-order valence-corrected chi connectivity index (χ4v) is 4.42. The maximum absolute atomic E-state index is 13.9. The number of piperidine rings is 1. The molecule has 0 radical (unpaired) electrons. The van der Waals surface area contributed by atoms with Crippen LogP contribution in [0, 0.1) is 11.7 Å². The summed E-state index contributed by atoms with van der Waals surface area (Å²) >= 11 is 0. The summed E-state index contributed by atoms with van der Waals surface area (Å²) in [6.07, 6.45) is 4.01. The standard InChI is InChI=1S/C23H32FNO5/c1-3-28-21(26)16-20(18-7-4-10-19(24)15-18)25-12-6-9-17(22(25)27)8-5-11-23(2)29-13-14-30-23/h4,7,10,15,17,20H,3,5-6,8-9,11-14,16H2,1-2H3. The molecule has 6 nitrogen and oxygen atoms in total. The first kappa shape index (κ1) is 22.7. The number of carbonyl (C=O) groups excluding carboxylic acids is 2. The summed E-state index contributed by atoms with van der Waals surface area (Å²) in [5, 5.41) is 0. The SMILES string of the molecule is CCOC(=O)CC(c1cccc(F)c1)N1CCCC(CCCC2(C)OCCO2)C1=O. The van der Waals surface area contributed by atoms with Crippen LogP contribution in [0.15, 0.2) is 24.3 Å². The van der Waals surface area contributed by atoms with Crippen LogP contribution < -0.4 is 0 Å². The van der Waals surface area contributed by atoms with E-state index in [1.807, 2.05) is 6.92 Å². The third-order valence-electron chi connectivity index (χ3n) is 5.94. The van der Waals surface area contributed by atoms with E-state index in [9.17, 15) is 14.0 Å². The van der Waals surface area contributed by atoms with Crippen molar-refractivity contribution in [1.82, 2.24) is 4.90 Å². The Kier molecular flexibility index (Phi) is 7.83. The molecule has 0 spiro atoms. The number of nitrogens with zero attached hydrogens (tertiary/aromatic N) is 1. The van der Waals surface area contributed by atoms with Crippen LogP contribution in [0.25, 0.3) is 0 Å². The van der Waals surface area contributed by atoms with Gasteiger partial charge in [-0.2, -0.15) is 0 Å². The molecular weight excluding hydrogens is 389 g/mol. The predicted molar refractivity (Wildman–Crippen MR) is 109 cm³/mol. The summed E-state index contributed by atoms with van der Waals surface area (Å²) < 4.78 is 30.3. The first-order chi connectivity index (χ1) is 14.4. The number of hydrogen-bond donors (Lipinski definition) is 0. The van der Waals surface area contributed by atoms with Crippen molar-refractivity contribution in [2.24, 2.45) is 5.92 Å². The number of likely N-dealkylation sites (tertiary alicyclic amines) is 1. The van der Waals surface area contributed by atoms with Gasteiger partial charge in [0.05, 0.1) is 32.3 Å². The van der Waals surface area contributed by atoms with E-state index in [-0.39, 0.29) is 36.6 Å². The van der Waals surface area contributed by atoms with E-state index in [1.165, 1.54) is 12.1 Å². The van der Waals surface area contributed by atoms with Crippen LogP contribution in [-0.2, 0) is 23.8 Å². The average molecular weight is 422 g/mol. The second kappa shape index (κ2) is 10.4. The van der Waals surface area contributed by atoms with Crippen LogP contribution in [0.1, 0.15) is 64.0 Å². The lowest BCUT2D eigenvalue weighted by molar-refractivity contribution is -0.152. The molecule has 2 aliphatic heterocycles. The highest BCUT2D eigenvalue weighted by molar-refractivity contribution is 5.81. The number of rotatable bonds is 9. The van der Waals surface area contributed by atoms with Crippen molar-refractivity contribution in [3.05, 3.63) is 35.6 Å². The Morgan fingerprint density at radius 1 is 1.37 bits per heavy atom. The van der Waals surface area contributed by atoms with Crippen LogP contribution in [0.5, 0.6) is 0 Å². The lowest BCUT2D eigenvalue weighted by Crippen LogP contribution is -2.44. The van der Waals surface area contributed by atoms with Gasteiger partial charge in [0.25, 0.3) is 0 Å². The molecule has 1 aromatic carbocycles. The average Bonchev–Trinajstić information content (AvgIpc) is 3.14. The minimum atomic E-state index is -0.550. The zero-order chi connectivity index (χ0) is 21.6. The van der Waals surface area contributed by atoms with E-state index >= 15 is 0 Å². The Balaban J connectivity index is 1.68.